The fourth-order valence-corrected chi connectivity index (χ4v) is 3.43. The van der Waals surface area contributed by atoms with E-state index in [0.29, 0.717) is 25.4 Å². The number of amides is 2. The van der Waals surface area contributed by atoms with Gasteiger partial charge in [0.05, 0.1) is 5.75 Å². The van der Waals surface area contributed by atoms with Crippen molar-refractivity contribution in [2.45, 2.75) is 38.1 Å². The maximum Gasteiger partial charge on any atom is 0.317 e. The Labute approximate surface area is 131 Å². The van der Waals surface area contributed by atoms with E-state index < -0.39 is 9.84 Å². The zero-order chi connectivity index (χ0) is 16.2. The van der Waals surface area contributed by atoms with Crippen molar-refractivity contribution in [1.82, 2.24) is 20.4 Å². The van der Waals surface area contributed by atoms with Gasteiger partial charge < -0.3 is 10.2 Å². The highest BCUT2D eigenvalue weighted by Crippen LogP contribution is 2.26. The van der Waals surface area contributed by atoms with Gasteiger partial charge in [-0.3, -0.25) is 5.10 Å². The standard InChI is InChI=1S/C14H24N4O3S/c1-11(6-10-22(2,20)21)16-14(19)18-8-4-12(5-9-18)13-3-7-15-17-13/h3,7,11-12H,4-6,8-10H2,1-2H3,(H,15,17)(H,16,19)/t11-/m1/s1. The number of nitrogens with zero attached hydrogens (tertiary/aromatic N) is 2. The summed E-state index contributed by atoms with van der Waals surface area (Å²) in [5, 5.41) is 9.83. The molecule has 124 valence electrons. The lowest BCUT2D eigenvalue weighted by Gasteiger charge is -2.32. The number of hydrogen-bond donors (Lipinski definition) is 2. The molecule has 1 aromatic heterocycles. The Hall–Kier alpha value is -1.57. The summed E-state index contributed by atoms with van der Waals surface area (Å²) in [6, 6.07) is 1.73. The molecule has 2 rings (SSSR count). The van der Waals surface area contributed by atoms with Crippen LogP contribution in [0, 0.1) is 0 Å². The van der Waals surface area contributed by atoms with Crippen molar-refractivity contribution in [1.29, 1.82) is 0 Å². The minimum Gasteiger partial charge on any atom is -0.336 e. The molecule has 2 N–H and O–H groups in total. The Morgan fingerprint density at radius 2 is 2.18 bits per heavy atom. The molecule has 0 aliphatic carbocycles. The number of nitrogens with one attached hydrogen (secondary N) is 2. The quantitative estimate of drug-likeness (QED) is 0.847. The highest BCUT2D eigenvalue weighted by atomic mass is 32.2. The molecular formula is C14H24N4O3S. The first-order valence-corrected chi connectivity index (χ1v) is 9.63. The predicted molar refractivity (Wildman–Crippen MR) is 84.5 cm³/mol. The Morgan fingerprint density at radius 3 is 2.73 bits per heavy atom. The van der Waals surface area contributed by atoms with Crippen LogP contribution in [0.15, 0.2) is 12.3 Å². The molecule has 1 atom stereocenters. The van der Waals surface area contributed by atoms with Crippen molar-refractivity contribution in [2.24, 2.45) is 0 Å². The second-order valence-electron chi connectivity index (χ2n) is 6.04. The van der Waals surface area contributed by atoms with E-state index in [0.717, 1.165) is 18.5 Å². The summed E-state index contributed by atoms with van der Waals surface area (Å²) >= 11 is 0. The second-order valence-corrected chi connectivity index (χ2v) is 8.30. The van der Waals surface area contributed by atoms with Crippen molar-refractivity contribution in [3.8, 4) is 0 Å². The molecule has 2 heterocycles. The third-order valence-electron chi connectivity index (χ3n) is 4.04. The molecule has 0 unspecified atom stereocenters. The van der Waals surface area contributed by atoms with E-state index in [1.165, 1.54) is 6.26 Å². The smallest absolute Gasteiger partial charge is 0.317 e. The van der Waals surface area contributed by atoms with Gasteiger partial charge in [-0.15, -0.1) is 0 Å². The SMILES string of the molecule is C[C@H](CCS(C)(=O)=O)NC(=O)N1CCC(c2ccn[nH]2)CC1. The molecule has 0 saturated carbocycles. The van der Waals surface area contributed by atoms with Crippen molar-refractivity contribution >= 4 is 15.9 Å². The average Bonchev–Trinajstić information content (AvgIpc) is 2.99. The van der Waals surface area contributed by atoms with E-state index >= 15 is 0 Å². The molecule has 1 aromatic rings. The summed E-state index contributed by atoms with van der Waals surface area (Å²) in [5.41, 5.74) is 1.13. The van der Waals surface area contributed by atoms with Crippen LogP contribution in [-0.2, 0) is 9.84 Å². The van der Waals surface area contributed by atoms with Gasteiger partial charge >= 0.3 is 6.03 Å². The van der Waals surface area contributed by atoms with E-state index in [-0.39, 0.29) is 17.8 Å². The Kier molecular flexibility index (Phi) is 5.44. The summed E-state index contributed by atoms with van der Waals surface area (Å²) in [7, 11) is -2.99. The van der Waals surface area contributed by atoms with E-state index in [1.54, 1.807) is 11.1 Å². The topological polar surface area (TPSA) is 95.2 Å². The Balaban J connectivity index is 1.75. The lowest BCUT2D eigenvalue weighted by atomic mass is 9.94. The summed E-state index contributed by atoms with van der Waals surface area (Å²) in [6.07, 6.45) is 5.22. The number of rotatable bonds is 5. The maximum atomic E-state index is 12.2. The first-order chi connectivity index (χ1) is 10.3. The van der Waals surface area contributed by atoms with Crippen molar-refractivity contribution in [2.75, 3.05) is 25.1 Å². The van der Waals surface area contributed by atoms with Crippen LogP contribution in [0.2, 0.25) is 0 Å². The molecule has 8 heteroatoms. The van der Waals surface area contributed by atoms with Gasteiger partial charge in [0, 0.05) is 43.2 Å². The fraction of sp³-hybridized carbons (Fsp3) is 0.714. The summed E-state index contributed by atoms with van der Waals surface area (Å²) in [4.78, 5) is 14.0. The number of urea groups is 1. The Morgan fingerprint density at radius 1 is 1.50 bits per heavy atom. The zero-order valence-corrected chi connectivity index (χ0v) is 13.9. The average molecular weight is 328 g/mol. The van der Waals surface area contributed by atoms with E-state index in [4.69, 9.17) is 0 Å². The second kappa shape index (κ2) is 7.13. The van der Waals surface area contributed by atoms with Crippen molar-refractivity contribution in [3.63, 3.8) is 0 Å². The van der Waals surface area contributed by atoms with Crippen LogP contribution in [0.4, 0.5) is 4.79 Å². The monoisotopic (exact) mass is 328 g/mol. The van der Waals surface area contributed by atoms with Crippen LogP contribution in [-0.4, -0.2) is 60.7 Å². The Bertz CT molecular complexity index is 577. The lowest BCUT2D eigenvalue weighted by molar-refractivity contribution is 0.177. The van der Waals surface area contributed by atoms with Gasteiger partial charge in [0.2, 0.25) is 0 Å². The number of hydrogen-bond acceptors (Lipinski definition) is 4. The first kappa shape index (κ1) is 16.8. The van der Waals surface area contributed by atoms with Gasteiger partial charge in [-0.25, -0.2) is 13.2 Å². The lowest BCUT2D eigenvalue weighted by Crippen LogP contribution is -2.47. The van der Waals surface area contributed by atoms with Crippen LogP contribution in [0.3, 0.4) is 0 Å². The highest BCUT2D eigenvalue weighted by Gasteiger charge is 2.25. The van der Waals surface area contributed by atoms with Crippen LogP contribution < -0.4 is 5.32 Å². The van der Waals surface area contributed by atoms with Gasteiger partial charge in [0.25, 0.3) is 0 Å². The van der Waals surface area contributed by atoms with Crippen LogP contribution in [0.5, 0.6) is 0 Å². The normalized spacial score (nSPS) is 18.2. The molecule has 1 fully saturated rings. The number of H-pyrrole nitrogens is 1. The van der Waals surface area contributed by atoms with E-state index in [2.05, 4.69) is 15.5 Å². The highest BCUT2D eigenvalue weighted by molar-refractivity contribution is 7.90. The van der Waals surface area contributed by atoms with E-state index in [9.17, 15) is 13.2 Å². The molecule has 0 bridgehead atoms. The third-order valence-corrected chi connectivity index (χ3v) is 5.01. The van der Waals surface area contributed by atoms with Gasteiger partial charge in [0.1, 0.15) is 9.84 Å². The van der Waals surface area contributed by atoms with Crippen LogP contribution >= 0.6 is 0 Å². The minimum atomic E-state index is -2.99. The molecule has 1 saturated heterocycles. The van der Waals surface area contributed by atoms with Gasteiger partial charge in [-0.05, 0) is 32.3 Å². The molecule has 1 aliphatic heterocycles. The number of carbonyl (C=O) groups excluding carboxylic acids is 1. The molecule has 0 radical (unpaired) electrons. The zero-order valence-electron chi connectivity index (χ0n) is 13.1. The maximum absolute atomic E-state index is 12.2. The number of sulfone groups is 1. The summed E-state index contributed by atoms with van der Waals surface area (Å²) in [5.74, 6) is 0.519. The van der Waals surface area contributed by atoms with Gasteiger partial charge in [0.15, 0.2) is 0 Å². The van der Waals surface area contributed by atoms with Crippen molar-refractivity contribution in [3.05, 3.63) is 18.0 Å². The number of likely N-dealkylation sites (tertiary alicyclic amines) is 1. The molecular weight excluding hydrogens is 304 g/mol. The first-order valence-electron chi connectivity index (χ1n) is 7.57. The fourth-order valence-electron chi connectivity index (χ4n) is 2.65. The van der Waals surface area contributed by atoms with Gasteiger partial charge in [-0.2, -0.15) is 5.10 Å². The number of carbonyl (C=O) groups is 1. The number of aromatic amines is 1. The molecule has 0 aromatic carbocycles. The predicted octanol–water partition coefficient (Wildman–Crippen LogP) is 1.12. The van der Waals surface area contributed by atoms with Crippen LogP contribution in [0.25, 0.3) is 0 Å². The third kappa shape index (κ3) is 5.01. The largest absolute Gasteiger partial charge is 0.336 e. The van der Waals surface area contributed by atoms with E-state index in [1.807, 2.05) is 13.0 Å². The molecule has 2 amide bonds. The molecule has 22 heavy (non-hydrogen) atoms. The summed E-state index contributed by atoms with van der Waals surface area (Å²) < 4.78 is 22.3. The number of aromatic nitrogens is 2. The van der Waals surface area contributed by atoms with Crippen LogP contribution in [0.1, 0.15) is 37.8 Å². The number of piperidine rings is 1. The van der Waals surface area contributed by atoms with Crippen molar-refractivity contribution < 1.29 is 13.2 Å². The summed E-state index contributed by atoms with van der Waals surface area (Å²) in [6.45, 7) is 3.24. The molecule has 1 aliphatic rings. The molecule has 0 spiro atoms. The van der Waals surface area contributed by atoms with Gasteiger partial charge in [-0.1, -0.05) is 0 Å². The minimum absolute atomic E-state index is 0.0936. The molecule has 7 nitrogen and oxygen atoms in total.